The molecular weight excluding hydrogens is 488 g/mol. The van der Waals surface area contributed by atoms with E-state index in [0.717, 1.165) is 21.7 Å². The Labute approximate surface area is 210 Å². The molecule has 1 saturated heterocycles. The standard InChI is InChI=1S/C24H25ClN6O3S/c1-13-29-20(12-35-13)14-3-4-17(19(25)8-14)18-7-15-9-28-24(27-2)30-22(15)31(23(18)32)6-5-21-33-10-16(26)11-34-21/h3-4,7-9,12,16,21H,5-6,10-11,26H2,1-2H3,(H,27,28,30)/t16-,21-. The Hall–Kier alpha value is -2.89. The number of nitrogens with two attached hydrogens (primary N) is 1. The Bertz CT molecular complexity index is 1430. The fourth-order valence-corrected chi connectivity index (χ4v) is 4.93. The zero-order valence-electron chi connectivity index (χ0n) is 19.3. The Morgan fingerprint density at radius 1 is 1.23 bits per heavy atom. The summed E-state index contributed by atoms with van der Waals surface area (Å²) in [5.41, 5.74) is 9.02. The van der Waals surface area contributed by atoms with Gasteiger partial charge in [0.2, 0.25) is 5.95 Å². The third kappa shape index (κ3) is 4.93. The lowest BCUT2D eigenvalue weighted by Crippen LogP contribution is -2.41. The van der Waals surface area contributed by atoms with Crippen molar-refractivity contribution in [2.75, 3.05) is 25.6 Å². The molecule has 35 heavy (non-hydrogen) atoms. The van der Waals surface area contributed by atoms with Gasteiger partial charge in [-0.15, -0.1) is 11.3 Å². The molecule has 0 bridgehead atoms. The van der Waals surface area contributed by atoms with Crippen LogP contribution in [-0.2, 0) is 16.0 Å². The van der Waals surface area contributed by atoms with Crippen molar-refractivity contribution in [2.45, 2.75) is 32.2 Å². The topological polar surface area (TPSA) is 117 Å². The number of thiazole rings is 1. The highest BCUT2D eigenvalue weighted by molar-refractivity contribution is 7.09. The smallest absolute Gasteiger partial charge is 0.260 e. The summed E-state index contributed by atoms with van der Waals surface area (Å²) in [5, 5.41) is 7.09. The van der Waals surface area contributed by atoms with Gasteiger partial charge in [-0.3, -0.25) is 9.36 Å². The number of halogens is 1. The van der Waals surface area contributed by atoms with Crippen LogP contribution in [0.4, 0.5) is 5.95 Å². The molecule has 182 valence electrons. The van der Waals surface area contributed by atoms with E-state index >= 15 is 0 Å². The van der Waals surface area contributed by atoms with E-state index < -0.39 is 6.29 Å². The van der Waals surface area contributed by atoms with Gasteiger partial charge in [0.25, 0.3) is 5.56 Å². The molecule has 9 nitrogen and oxygen atoms in total. The van der Waals surface area contributed by atoms with Crippen molar-refractivity contribution in [1.29, 1.82) is 0 Å². The molecule has 5 rings (SSSR count). The second-order valence-electron chi connectivity index (χ2n) is 8.33. The molecule has 1 aliphatic rings. The van der Waals surface area contributed by atoms with Crippen LogP contribution in [-0.4, -0.2) is 52.1 Å². The fourth-order valence-electron chi connectivity index (χ4n) is 4.03. The van der Waals surface area contributed by atoms with Gasteiger partial charge in [0, 0.05) is 58.7 Å². The molecule has 3 aromatic heterocycles. The molecule has 0 spiro atoms. The predicted molar refractivity (Wildman–Crippen MR) is 138 cm³/mol. The molecule has 1 fully saturated rings. The van der Waals surface area contributed by atoms with Gasteiger partial charge in [0.15, 0.2) is 6.29 Å². The van der Waals surface area contributed by atoms with E-state index in [2.05, 4.69) is 20.3 Å². The minimum Gasteiger partial charge on any atom is -0.357 e. The van der Waals surface area contributed by atoms with E-state index in [1.165, 1.54) is 0 Å². The number of ether oxygens (including phenoxy) is 2. The number of nitrogens with one attached hydrogen (secondary N) is 1. The Morgan fingerprint density at radius 2 is 2.03 bits per heavy atom. The quantitative estimate of drug-likeness (QED) is 0.402. The highest BCUT2D eigenvalue weighted by Gasteiger charge is 2.21. The first-order valence-electron chi connectivity index (χ1n) is 11.2. The molecule has 0 radical (unpaired) electrons. The molecule has 11 heteroatoms. The highest BCUT2D eigenvalue weighted by atomic mass is 35.5. The maximum Gasteiger partial charge on any atom is 0.260 e. The van der Waals surface area contributed by atoms with Crippen LogP contribution in [0.1, 0.15) is 11.4 Å². The maximum atomic E-state index is 13.7. The zero-order valence-corrected chi connectivity index (χ0v) is 20.9. The van der Waals surface area contributed by atoms with Crippen LogP contribution in [0.2, 0.25) is 5.02 Å². The second-order valence-corrected chi connectivity index (χ2v) is 9.80. The number of nitrogens with zero attached hydrogens (tertiary/aromatic N) is 4. The van der Waals surface area contributed by atoms with E-state index in [1.54, 1.807) is 35.2 Å². The van der Waals surface area contributed by atoms with E-state index in [4.69, 9.17) is 26.8 Å². The van der Waals surface area contributed by atoms with Gasteiger partial charge < -0.3 is 20.5 Å². The highest BCUT2D eigenvalue weighted by Crippen LogP contribution is 2.32. The van der Waals surface area contributed by atoms with Crippen LogP contribution >= 0.6 is 22.9 Å². The first kappa shape index (κ1) is 23.8. The predicted octanol–water partition coefficient (Wildman–Crippen LogP) is 3.68. The first-order chi connectivity index (χ1) is 16.9. The van der Waals surface area contributed by atoms with Gasteiger partial charge in [0.05, 0.1) is 30.0 Å². The number of fused-ring (bicyclic) bond motifs is 1. The number of hydrogen-bond acceptors (Lipinski definition) is 9. The first-order valence-corrected chi connectivity index (χ1v) is 12.5. The number of aromatic nitrogens is 4. The van der Waals surface area contributed by atoms with Crippen molar-refractivity contribution < 1.29 is 9.47 Å². The second kappa shape index (κ2) is 10.00. The summed E-state index contributed by atoms with van der Waals surface area (Å²) in [5.74, 6) is 0.426. The lowest BCUT2D eigenvalue weighted by Gasteiger charge is -2.27. The van der Waals surface area contributed by atoms with Gasteiger partial charge in [0.1, 0.15) is 5.65 Å². The molecule has 1 aromatic carbocycles. The Balaban J connectivity index is 1.56. The van der Waals surface area contributed by atoms with Gasteiger partial charge in [-0.05, 0) is 19.1 Å². The molecule has 0 saturated carbocycles. The summed E-state index contributed by atoms with van der Waals surface area (Å²) in [4.78, 5) is 27.1. The summed E-state index contributed by atoms with van der Waals surface area (Å²) in [6, 6.07) is 7.28. The molecule has 4 heterocycles. The van der Waals surface area contributed by atoms with Crippen molar-refractivity contribution in [2.24, 2.45) is 5.73 Å². The van der Waals surface area contributed by atoms with E-state index in [0.29, 0.717) is 53.9 Å². The van der Waals surface area contributed by atoms with Gasteiger partial charge in [-0.1, -0.05) is 23.7 Å². The zero-order chi connectivity index (χ0) is 24.5. The molecule has 1 aliphatic heterocycles. The van der Waals surface area contributed by atoms with Gasteiger partial charge >= 0.3 is 0 Å². The molecule has 0 unspecified atom stereocenters. The van der Waals surface area contributed by atoms with E-state index in [-0.39, 0.29) is 11.6 Å². The number of pyridine rings is 1. The third-order valence-corrected chi connectivity index (χ3v) is 6.89. The Morgan fingerprint density at radius 3 is 2.71 bits per heavy atom. The van der Waals surface area contributed by atoms with Crippen molar-refractivity contribution in [3.63, 3.8) is 0 Å². The van der Waals surface area contributed by atoms with E-state index in [1.807, 2.05) is 30.5 Å². The molecular formula is C24H25ClN6O3S. The van der Waals surface area contributed by atoms with Crippen molar-refractivity contribution in [3.05, 3.63) is 56.2 Å². The van der Waals surface area contributed by atoms with Gasteiger partial charge in [-0.2, -0.15) is 4.98 Å². The maximum absolute atomic E-state index is 13.7. The van der Waals surface area contributed by atoms with Crippen LogP contribution in [0.15, 0.2) is 40.6 Å². The number of aryl methyl sites for hydroxylation is 2. The largest absolute Gasteiger partial charge is 0.357 e. The number of anilines is 1. The number of hydrogen-bond donors (Lipinski definition) is 2. The molecule has 0 amide bonds. The summed E-state index contributed by atoms with van der Waals surface area (Å²) in [6.07, 6.45) is 1.73. The number of rotatable bonds is 6. The molecule has 0 atom stereocenters. The molecule has 4 aromatic rings. The minimum atomic E-state index is -0.435. The normalized spacial score (nSPS) is 18.2. The van der Waals surface area contributed by atoms with Crippen LogP contribution < -0.4 is 16.6 Å². The summed E-state index contributed by atoms with van der Waals surface area (Å²) in [6.45, 7) is 3.15. The van der Waals surface area contributed by atoms with Crippen LogP contribution in [0, 0.1) is 6.92 Å². The number of benzene rings is 1. The molecule has 3 N–H and O–H groups in total. The van der Waals surface area contributed by atoms with Crippen LogP contribution in [0.3, 0.4) is 0 Å². The average Bonchev–Trinajstić information content (AvgIpc) is 3.30. The van der Waals surface area contributed by atoms with E-state index in [9.17, 15) is 4.79 Å². The summed E-state index contributed by atoms with van der Waals surface area (Å²) >= 11 is 8.27. The van der Waals surface area contributed by atoms with Crippen LogP contribution in [0.5, 0.6) is 0 Å². The fraction of sp³-hybridized carbons (Fsp3) is 0.333. The lowest BCUT2D eigenvalue weighted by atomic mass is 10.0. The summed E-state index contributed by atoms with van der Waals surface area (Å²) in [7, 11) is 1.73. The van der Waals surface area contributed by atoms with Crippen molar-refractivity contribution >= 4 is 39.9 Å². The third-order valence-electron chi connectivity index (χ3n) is 5.81. The van der Waals surface area contributed by atoms with Crippen molar-refractivity contribution in [3.8, 4) is 22.4 Å². The monoisotopic (exact) mass is 512 g/mol. The average molecular weight is 513 g/mol. The molecule has 0 aliphatic carbocycles. The lowest BCUT2D eigenvalue weighted by molar-refractivity contribution is -0.189. The summed E-state index contributed by atoms with van der Waals surface area (Å²) < 4.78 is 13.0. The minimum absolute atomic E-state index is 0.137. The van der Waals surface area contributed by atoms with Crippen molar-refractivity contribution in [1.82, 2.24) is 19.5 Å². The Kier molecular flexibility index (Phi) is 6.81. The SMILES string of the molecule is CNc1ncc2cc(-c3ccc(-c4csc(C)n4)cc3Cl)c(=O)n(CC[C@H]3OC[C@H](N)CO3)c2n1. The van der Waals surface area contributed by atoms with Gasteiger partial charge in [-0.25, -0.2) is 9.97 Å². The van der Waals surface area contributed by atoms with Crippen LogP contribution in [0.25, 0.3) is 33.4 Å².